The Bertz CT molecular complexity index is 357. The highest BCUT2D eigenvalue weighted by molar-refractivity contribution is 7.85. The minimum absolute atomic E-state index is 0.127. The van der Waals surface area contributed by atoms with Crippen molar-refractivity contribution in [3.05, 3.63) is 0 Å². The van der Waals surface area contributed by atoms with Gasteiger partial charge in [0.15, 0.2) is 0 Å². The molecule has 0 aliphatic heterocycles. The van der Waals surface area contributed by atoms with Crippen molar-refractivity contribution in [1.82, 2.24) is 0 Å². The molecule has 0 amide bonds. The van der Waals surface area contributed by atoms with Crippen LogP contribution in [-0.4, -0.2) is 47.3 Å². The summed E-state index contributed by atoms with van der Waals surface area (Å²) in [4.78, 5) is 0. The third kappa shape index (κ3) is 13.0. The van der Waals surface area contributed by atoms with Gasteiger partial charge in [-0.15, -0.1) is 0 Å². The lowest BCUT2D eigenvalue weighted by Crippen LogP contribution is -2.45. The first-order valence-corrected chi connectivity index (χ1v) is 12.3. The van der Waals surface area contributed by atoms with Gasteiger partial charge >= 0.3 is 8.80 Å². The average Bonchev–Trinajstić information content (AvgIpc) is 2.45. The van der Waals surface area contributed by atoms with E-state index >= 15 is 0 Å². The Kier molecular flexibility index (Phi) is 13.3. The van der Waals surface area contributed by atoms with Crippen LogP contribution in [-0.2, 0) is 23.4 Å². The zero-order valence-corrected chi connectivity index (χ0v) is 16.7. The van der Waals surface area contributed by atoms with E-state index in [1.54, 1.807) is 0 Å². The Morgan fingerprint density at radius 1 is 0.739 bits per heavy atom. The molecule has 0 aromatic carbocycles. The molecule has 0 rings (SSSR count). The van der Waals surface area contributed by atoms with Gasteiger partial charge < -0.3 is 13.3 Å². The van der Waals surface area contributed by atoms with Gasteiger partial charge in [0, 0.05) is 25.9 Å². The van der Waals surface area contributed by atoms with Crippen molar-refractivity contribution in [2.45, 2.75) is 71.8 Å². The quantitative estimate of drug-likeness (QED) is 0.254. The van der Waals surface area contributed by atoms with Crippen molar-refractivity contribution in [1.29, 1.82) is 0 Å². The maximum Gasteiger partial charge on any atom is 0.500 e. The van der Waals surface area contributed by atoms with Crippen molar-refractivity contribution in [2.24, 2.45) is 0 Å². The van der Waals surface area contributed by atoms with Crippen LogP contribution in [0.1, 0.15) is 65.7 Å². The van der Waals surface area contributed by atoms with E-state index in [0.717, 1.165) is 44.6 Å². The first kappa shape index (κ1) is 23.0. The van der Waals surface area contributed by atoms with Crippen molar-refractivity contribution in [2.75, 3.05) is 25.6 Å². The molecule has 6 nitrogen and oxygen atoms in total. The minimum Gasteiger partial charge on any atom is -0.374 e. The molecule has 0 aliphatic rings. The van der Waals surface area contributed by atoms with Crippen molar-refractivity contribution in [3.8, 4) is 0 Å². The van der Waals surface area contributed by atoms with Crippen LogP contribution in [0.5, 0.6) is 0 Å². The van der Waals surface area contributed by atoms with Gasteiger partial charge in [0.25, 0.3) is 10.1 Å². The molecule has 0 heterocycles. The summed E-state index contributed by atoms with van der Waals surface area (Å²) < 4.78 is 47.3. The second kappa shape index (κ2) is 13.3. The Morgan fingerprint density at radius 3 is 1.52 bits per heavy atom. The molecule has 0 bridgehead atoms. The molecule has 0 aromatic heterocycles. The van der Waals surface area contributed by atoms with E-state index in [0.29, 0.717) is 26.2 Å². The third-order valence-corrected chi connectivity index (χ3v) is 7.43. The Balaban J connectivity index is 3.81. The highest BCUT2D eigenvalue weighted by atomic mass is 32.2. The summed E-state index contributed by atoms with van der Waals surface area (Å²) >= 11 is 0. The molecule has 0 atom stereocenters. The third-order valence-electron chi connectivity index (χ3n) is 3.48. The van der Waals surface area contributed by atoms with E-state index in [-0.39, 0.29) is 5.75 Å². The minimum atomic E-state index is -3.80. The molecular weight excluding hydrogens is 336 g/mol. The standard InChI is InChI=1S/C15H34O6SSi/c1-4-19-23(20-5-2,21-6-3)15-13-11-9-7-8-10-12-14-22(16,17)18/h4-15H2,1-3H3,(H,16,17,18). The number of hydrogen-bond donors (Lipinski definition) is 1. The van der Waals surface area contributed by atoms with Gasteiger partial charge in [-0.2, -0.15) is 8.42 Å². The van der Waals surface area contributed by atoms with Gasteiger partial charge in [-0.25, -0.2) is 0 Å². The van der Waals surface area contributed by atoms with Gasteiger partial charge in [0.05, 0.1) is 5.75 Å². The summed E-state index contributed by atoms with van der Waals surface area (Å²) in [6.07, 6.45) is 6.69. The smallest absolute Gasteiger partial charge is 0.374 e. The zero-order valence-electron chi connectivity index (χ0n) is 14.9. The van der Waals surface area contributed by atoms with E-state index in [9.17, 15) is 8.42 Å². The lowest BCUT2D eigenvalue weighted by molar-refractivity contribution is 0.0706. The van der Waals surface area contributed by atoms with Gasteiger partial charge in [-0.05, 0) is 33.6 Å². The fourth-order valence-electron chi connectivity index (χ4n) is 2.51. The van der Waals surface area contributed by atoms with Gasteiger partial charge in [0.1, 0.15) is 0 Å². The maximum absolute atomic E-state index is 10.6. The molecule has 1 N–H and O–H groups in total. The summed E-state index contributed by atoms with van der Waals surface area (Å²) in [5.74, 6) is -0.127. The van der Waals surface area contributed by atoms with Crippen LogP contribution in [0.3, 0.4) is 0 Å². The first-order chi connectivity index (χ1) is 10.9. The molecule has 0 spiro atoms. The van der Waals surface area contributed by atoms with E-state index in [2.05, 4.69) is 0 Å². The Labute approximate surface area is 143 Å². The number of unbranched alkanes of at least 4 members (excludes halogenated alkanes) is 6. The second-order valence-electron chi connectivity index (χ2n) is 5.49. The van der Waals surface area contributed by atoms with E-state index in [1.807, 2.05) is 20.8 Å². The lowest BCUT2D eigenvalue weighted by atomic mass is 10.1. The average molecular weight is 371 g/mol. The normalized spacial score (nSPS) is 12.7. The van der Waals surface area contributed by atoms with Crippen LogP contribution < -0.4 is 0 Å². The molecule has 0 radical (unpaired) electrons. The van der Waals surface area contributed by atoms with Crippen molar-refractivity contribution in [3.63, 3.8) is 0 Å². The summed E-state index contributed by atoms with van der Waals surface area (Å²) in [6.45, 7) is 7.73. The van der Waals surface area contributed by atoms with Crippen molar-refractivity contribution < 1.29 is 26.2 Å². The predicted molar refractivity (Wildman–Crippen MR) is 94.2 cm³/mol. The molecule has 0 saturated carbocycles. The number of rotatable bonds is 16. The molecule has 140 valence electrons. The lowest BCUT2D eigenvalue weighted by Gasteiger charge is -2.28. The van der Waals surface area contributed by atoms with Crippen LogP contribution in [0.25, 0.3) is 0 Å². The Morgan fingerprint density at radius 2 is 1.13 bits per heavy atom. The predicted octanol–water partition coefficient (Wildman–Crippen LogP) is 3.65. The SMILES string of the molecule is CCO[Si](CCCCCCCCCS(=O)(=O)O)(OCC)OCC. The molecular formula is C15H34O6SSi. The first-order valence-electron chi connectivity index (χ1n) is 8.76. The van der Waals surface area contributed by atoms with Crippen LogP contribution in [0, 0.1) is 0 Å². The summed E-state index contributed by atoms with van der Waals surface area (Å²) in [6, 6.07) is 0.852. The van der Waals surface area contributed by atoms with Gasteiger partial charge in [-0.3, -0.25) is 4.55 Å². The zero-order chi connectivity index (χ0) is 17.6. The van der Waals surface area contributed by atoms with Crippen molar-refractivity contribution >= 4 is 18.9 Å². The van der Waals surface area contributed by atoms with Crippen LogP contribution >= 0.6 is 0 Å². The molecule has 0 aliphatic carbocycles. The molecule has 23 heavy (non-hydrogen) atoms. The molecule has 0 saturated heterocycles. The van der Waals surface area contributed by atoms with E-state index in [4.69, 9.17) is 17.8 Å². The second-order valence-corrected chi connectivity index (χ2v) is 9.80. The topological polar surface area (TPSA) is 82.1 Å². The number of hydrogen-bond acceptors (Lipinski definition) is 5. The Hall–Kier alpha value is 0.00688. The monoisotopic (exact) mass is 370 g/mol. The van der Waals surface area contributed by atoms with Crippen LogP contribution in [0.15, 0.2) is 0 Å². The maximum atomic E-state index is 10.6. The van der Waals surface area contributed by atoms with Crippen LogP contribution in [0.4, 0.5) is 0 Å². The summed E-state index contributed by atoms with van der Waals surface area (Å²) in [5, 5.41) is 0. The van der Waals surface area contributed by atoms with E-state index < -0.39 is 18.9 Å². The molecule has 8 heteroatoms. The van der Waals surface area contributed by atoms with E-state index in [1.165, 1.54) is 0 Å². The molecule has 0 fully saturated rings. The highest BCUT2D eigenvalue weighted by Gasteiger charge is 2.39. The molecule has 0 unspecified atom stereocenters. The summed E-state index contributed by atoms with van der Waals surface area (Å²) in [5.41, 5.74) is 0. The highest BCUT2D eigenvalue weighted by Crippen LogP contribution is 2.20. The largest absolute Gasteiger partial charge is 0.500 e. The van der Waals surface area contributed by atoms with Gasteiger partial charge in [0.2, 0.25) is 0 Å². The molecule has 0 aromatic rings. The fraction of sp³-hybridized carbons (Fsp3) is 1.00. The van der Waals surface area contributed by atoms with Crippen LogP contribution in [0.2, 0.25) is 6.04 Å². The fourth-order valence-corrected chi connectivity index (χ4v) is 5.77. The summed E-state index contributed by atoms with van der Waals surface area (Å²) in [7, 11) is -6.29. The van der Waals surface area contributed by atoms with Gasteiger partial charge in [-0.1, -0.05) is 32.1 Å².